The largest absolute Gasteiger partial charge is 0.497 e. The molecule has 0 saturated heterocycles. The molecule has 0 amide bonds. The zero-order chi connectivity index (χ0) is 16.9. The number of carbonyl (C=O) groups is 1. The molecule has 0 spiro atoms. The minimum atomic E-state index is 0.315. The number of hydrogen-bond acceptors (Lipinski definition) is 5. The molecule has 3 aromatic rings. The van der Waals surface area contributed by atoms with Crippen molar-refractivity contribution in [3.63, 3.8) is 0 Å². The molecule has 1 heterocycles. The maximum Gasteiger partial charge on any atom is 0.153 e. The number of ether oxygens (including phenoxy) is 2. The molecule has 0 N–H and O–H groups in total. The molecule has 0 aliphatic carbocycles. The third-order valence-corrected chi connectivity index (χ3v) is 4.51. The first-order chi connectivity index (χ1) is 11.7. The second-order valence-electron chi connectivity index (χ2n) is 5.32. The van der Waals surface area contributed by atoms with Gasteiger partial charge < -0.3 is 9.47 Å². The van der Waals surface area contributed by atoms with Crippen molar-refractivity contribution in [2.45, 2.75) is 13.5 Å². The summed E-state index contributed by atoms with van der Waals surface area (Å²) in [4.78, 5) is 15.8. The molecule has 24 heavy (non-hydrogen) atoms. The highest BCUT2D eigenvalue weighted by molar-refractivity contribution is 7.13. The number of aldehydes is 1. The van der Waals surface area contributed by atoms with Gasteiger partial charge in [-0.3, -0.25) is 4.79 Å². The number of nitrogens with zero attached hydrogens (tertiary/aromatic N) is 1. The lowest BCUT2D eigenvalue weighted by atomic mass is 10.2. The van der Waals surface area contributed by atoms with E-state index in [1.165, 1.54) is 5.56 Å². The number of aromatic nitrogens is 1. The molecule has 3 rings (SSSR count). The second kappa shape index (κ2) is 7.27. The Kier molecular flexibility index (Phi) is 4.91. The minimum absolute atomic E-state index is 0.315. The summed E-state index contributed by atoms with van der Waals surface area (Å²) >= 11 is 1.58. The van der Waals surface area contributed by atoms with E-state index in [0.29, 0.717) is 23.7 Å². The average molecular weight is 339 g/mol. The van der Waals surface area contributed by atoms with Crippen LogP contribution in [0.4, 0.5) is 0 Å². The summed E-state index contributed by atoms with van der Waals surface area (Å²) in [7, 11) is 1.56. The number of carbonyl (C=O) groups excluding carboxylic acids is 1. The molecule has 0 fully saturated rings. The Morgan fingerprint density at radius 1 is 1.17 bits per heavy atom. The lowest BCUT2D eigenvalue weighted by Gasteiger charge is -2.08. The first-order valence-electron chi connectivity index (χ1n) is 7.47. The first kappa shape index (κ1) is 16.2. The molecule has 122 valence electrons. The van der Waals surface area contributed by atoms with Crippen LogP contribution in [0.25, 0.3) is 10.6 Å². The predicted molar refractivity (Wildman–Crippen MR) is 95.0 cm³/mol. The van der Waals surface area contributed by atoms with Crippen molar-refractivity contribution in [2.75, 3.05) is 7.11 Å². The maximum atomic E-state index is 11.2. The van der Waals surface area contributed by atoms with Crippen molar-refractivity contribution in [3.05, 3.63) is 64.7 Å². The number of thiazole rings is 1. The summed E-state index contributed by atoms with van der Waals surface area (Å²) in [5.41, 5.74) is 3.61. The third kappa shape index (κ3) is 3.63. The van der Waals surface area contributed by atoms with Crippen molar-refractivity contribution in [1.82, 2.24) is 4.98 Å². The lowest BCUT2D eigenvalue weighted by molar-refractivity contribution is 0.111. The van der Waals surface area contributed by atoms with Crippen LogP contribution in [0.5, 0.6) is 11.5 Å². The molecule has 0 atom stereocenters. The van der Waals surface area contributed by atoms with E-state index < -0.39 is 0 Å². The van der Waals surface area contributed by atoms with Gasteiger partial charge in [-0.15, -0.1) is 11.3 Å². The number of methoxy groups -OCH3 is 1. The Hall–Kier alpha value is -2.66. The highest BCUT2D eigenvalue weighted by Gasteiger charge is 2.08. The Morgan fingerprint density at radius 3 is 2.67 bits per heavy atom. The van der Waals surface area contributed by atoms with Crippen LogP contribution in [0.2, 0.25) is 0 Å². The highest BCUT2D eigenvalue weighted by atomic mass is 32.1. The number of rotatable bonds is 6. The molecule has 0 unspecified atom stereocenters. The van der Waals surface area contributed by atoms with Gasteiger partial charge in [-0.05, 0) is 25.1 Å². The number of aryl methyl sites for hydroxylation is 1. The maximum absolute atomic E-state index is 11.2. The van der Waals surface area contributed by atoms with E-state index in [-0.39, 0.29) is 0 Å². The van der Waals surface area contributed by atoms with E-state index in [4.69, 9.17) is 9.47 Å². The SMILES string of the molecule is COc1ccc(OCc2csc(-c3ccc(C)cc3)n2)c(C=O)c1. The second-order valence-corrected chi connectivity index (χ2v) is 6.18. The predicted octanol–water partition coefficient (Wildman–Crippen LogP) is 4.52. The first-order valence-corrected chi connectivity index (χ1v) is 8.35. The molecular weight excluding hydrogens is 322 g/mol. The average Bonchev–Trinajstić information content (AvgIpc) is 3.09. The zero-order valence-electron chi connectivity index (χ0n) is 13.5. The van der Waals surface area contributed by atoms with E-state index in [1.807, 2.05) is 5.38 Å². The van der Waals surface area contributed by atoms with Gasteiger partial charge in [0.05, 0.1) is 18.4 Å². The van der Waals surface area contributed by atoms with Crippen LogP contribution in [-0.2, 0) is 6.61 Å². The van der Waals surface area contributed by atoms with Crippen molar-refractivity contribution >= 4 is 17.6 Å². The molecule has 5 heteroatoms. The fraction of sp³-hybridized carbons (Fsp3) is 0.158. The Labute approximate surface area is 144 Å². The van der Waals surface area contributed by atoms with Gasteiger partial charge in [0.25, 0.3) is 0 Å². The molecule has 0 aliphatic rings. The topological polar surface area (TPSA) is 48.4 Å². The van der Waals surface area contributed by atoms with Crippen molar-refractivity contribution < 1.29 is 14.3 Å². The Bertz CT molecular complexity index is 840. The third-order valence-electron chi connectivity index (χ3n) is 3.57. The van der Waals surface area contributed by atoms with Crippen molar-refractivity contribution in [1.29, 1.82) is 0 Å². The van der Waals surface area contributed by atoms with Crippen molar-refractivity contribution in [3.8, 4) is 22.1 Å². The number of hydrogen-bond donors (Lipinski definition) is 0. The minimum Gasteiger partial charge on any atom is -0.497 e. The standard InChI is InChI=1S/C19H17NO3S/c1-13-3-5-14(6-4-13)19-20-16(12-24-19)11-23-18-8-7-17(22-2)9-15(18)10-21/h3-10,12H,11H2,1-2H3. The van der Waals surface area contributed by atoms with Crippen LogP contribution in [0.15, 0.2) is 47.8 Å². The molecule has 0 saturated carbocycles. The number of benzene rings is 2. The van der Waals surface area contributed by atoms with Gasteiger partial charge in [-0.25, -0.2) is 4.98 Å². The quantitative estimate of drug-likeness (QED) is 0.620. The van der Waals surface area contributed by atoms with Gasteiger partial charge in [0.2, 0.25) is 0 Å². The van der Waals surface area contributed by atoms with E-state index in [9.17, 15) is 4.79 Å². The van der Waals surface area contributed by atoms with Gasteiger partial charge in [0.15, 0.2) is 6.29 Å². The molecule has 4 nitrogen and oxygen atoms in total. The molecule has 2 aromatic carbocycles. The van der Waals surface area contributed by atoms with Gasteiger partial charge in [-0.1, -0.05) is 29.8 Å². The summed E-state index contributed by atoms with van der Waals surface area (Å²) in [5.74, 6) is 1.15. The normalized spacial score (nSPS) is 10.4. The Balaban J connectivity index is 1.72. The van der Waals surface area contributed by atoms with E-state index in [1.54, 1.807) is 36.6 Å². The molecule has 0 aliphatic heterocycles. The van der Waals surface area contributed by atoms with Gasteiger partial charge in [0.1, 0.15) is 23.1 Å². The molecule has 1 aromatic heterocycles. The fourth-order valence-electron chi connectivity index (χ4n) is 2.23. The van der Waals surface area contributed by atoms with Crippen LogP contribution in [-0.4, -0.2) is 18.4 Å². The van der Waals surface area contributed by atoms with Crippen LogP contribution in [0.1, 0.15) is 21.6 Å². The summed E-state index contributed by atoms with van der Waals surface area (Å²) in [6, 6.07) is 13.4. The lowest BCUT2D eigenvalue weighted by Crippen LogP contribution is -1.99. The van der Waals surface area contributed by atoms with Crippen molar-refractivity contribution in [2.24, 2.45) is 0 Å². The van der Waals surface area contributed by atoms with Crippen LogP contribution >= 0.6 is 11.3 Å². The van der Waals surface area contributed by atoms with Crippen LogP contribution in [0, 0.1) is 6.92 Å². The molecule has 0 bridgehead atoms. The summed E-state index contributed by atoms with van der Waals surface area (Å²) in [6.45, 7) is 2.37. The van der Waals surface area contributed by atoms with Gasteiger partial charge in [0, 0.05) is 10.9 Å². The van der Waals surface area contributed by atoms with Gasteiger partial charge >= 0.3 is 0 Å². The van der Waals surface area contributed by atoms with E-state index >= 15 is 0 Å². The zero-order valence-corrected chi connectivity index (χ0v) is 14.3. The fourth-order valence-corrected chi connectivity index (χ4v) is 3.04. The van der Waals surface area contributed by atoms with E-state index in [0.717, 1.165) is 22.6 Å². The summed E-state index contributed by atoms with van der Waals surface area (Å²) in [6.07, 6.45) is 0.761. The van der Waals surface area contributed by atoms with E-state index in [2.05, 4.69) is 36.2 Å². The molecular formula is C19H17NO3S. The van der Waals surface area contributed by atoms with Crippen LogP contribution in [0.3, 0.4) is 0 Å². The summed E-state index contributed by atoms with van der Waals surface area (Å²) in [5, 5.41) is 2.93. The summed E-state index contributed by atoms with van der Waals surface area (Å²) < 4.78 is 10.8. The smallest absolute Gasteiger partial charge is 0.153 e. The molecule has 0 radical (unpaired) electrons. The van der Waals surface area contributed by atoms with Gasteiger partial charge in [-0.2, -0.15) is 0 Å². The van der Waals surface area contributed by atoms with Crippen LogP contribution < -0.4 is 9.47 Å². The highest BCUT2D eigenvalue weighted by Crippen LogP contribution is 2.26. The Morgan fingerprint density at radius 2 is 1.96 bits per heavy atom. The monoisotopic (exact) mass is 339 g/mol.